The number of nitrogens with zero attached hydrogens (tertiary/aromatic N) is 2. The standard InChI is InChI=1S/C20H26FN3O5S/c1-19(2,3)29-18(25)22-17-23-20(8-7-14(28-4)9-12(20)11-30-17)15-10-13(24(26)27)5-6-16(15)21/h5-6,10,12,14H,7-9,11H2,1-4H3,(H,22,23,25)/t12-,14-,20?/m0/s1. The van der Waals surface area contributed by atoms with Crippen molar-refractivity contribution in [3.8, 4) is 0 Å². The molecule has 8 nitrogen and oxygen atoms in total. The molecule has 10 heteroatoms. The maximum absolute atomic E-state index is 14.9. The lowest BCUT2D eigenvalue weighted by Gasteiger charge is -2.46. The number of fused-ring (bicyclic) bond motifs is 1. The normalized spacial score (nSPS) is 26.4. The minimum atomic E-state index is -1.01. The molecular formula is C20H26FN3O5S. The Bertz CT molecular complexity index is 872. The lowest BCUT2D eigenvalue weighted by Crippen LogP contribution is -2.48. The molecule has 1 aromatic rings. The van der Waals surface area contributed by atoms with Crippen molar-refractivity contribution in [2.24, 2.45) is 10.9 Å². The van der Waals surface area contributed by atoms with Gasteiger partial charge in [-0.3, -0.25) is 20.4 Å². The fourth-order valence-corrected chi connectivity index (χ4v) is 5.16. The SMILES string of the molecule is CO[C@H]1CCC2(c3cc([N+](=O)[O-])ccc3F)N=C(NC(=O)OC(C)(C)C)SC[C@@H]2C1. The number of nitrogens with one attached hydrogen (secondary N) is 1. The van der Waals surface area contributed by atoms with Crippen molar-refractivity contribution in [2.45, 2.75) is 57.3 Å². The molecule has 0 radical (unpaired) electrons. The van der Waals surface area contributed by atoms with Crippen molar-refractivity contribution in [1.29, 1.82) is 0 Å². The zero-order valence-electron chi connectivity index (χ0n) is 17.4. The summed E-state index contributed by atoms with van der Waals surface area (Å²) in [5, 5.41) is 14.3. The van der Waals surface area contributed by atoms with Crippen LogP contribution in [-0.2, 0) is 15.0 Å². The molecule has 0 spiro atoms. The van der Waals surface area contributed by atoms with Crippen LogP contribution in [-0.4, -0.2) is 40.8 Å². The van der Waals surface area contributed by atoms with Gasteiger partial charge in [-0.25, -0.2) is 9.18 Å². The molecule has 1 aromatic carbocycles. The third-order valence-electron chi connectivity index (χ3n) is 5.36. The molecule has 3 rings (SSSR count). The third kappa shape index (κ3) is 4.75. The largest absolute Gasteiger partial charge is 0.444 e. The first-order valence-electron chi connectivity index (χ1n) is 9.74. The van der Waals surface area contributed by atoms with E-state index in [4.69, 9.17) is 14.5 Å². The fourth-order valence-electron chi connectivity index (χ4n) is 4.00. The minimum absolute atomic E-state index is 0.0149. The number of benzene rings is 1. The van der Waals surface area contributed by atoms with Crippen molar-refractivity contribution in [3.63, 3.8) is 0 Å². The van der Waals surface area contributed by atoms with Crippen LogP contribution in [0.3, 0.4) is 0 Å². The lowest BCUT2D eigenvalue weighted by molar-refractivity contribution is -0.385. The van der Waals surface area contributed by atoms with Gasteiger partial charge in [0.15, 0.2) is 5.17 Å². The average molecular weight is 440 g/mol. The summed E-state index contributed by atoms with van der Waals surface area (Å²) in [5.74, 6) is -0.0768. The van der Waals surface area contributed by atoms with Gasteiger partial charge in [-0.15, -0.1) is 0 Å². The molecule has 0 bridgehead atoms. The zero-order chi connectivity index (χ0) is 22.1. The van der Waals surface area contributed by atoms with Crippen molar-refractivity contribution in [1.82, 2.24) is 5.32 Å². The number of hydrogen-bond donors (Lipinski definition) is 1. The summed E-state index contributed by atoms with van der Waals surface area (Å²) in [6, 6.07) is 3.52. The van der Waals surface area contributed by atoms with Crippen molar-refractivity contribution >= 4 is 28.7 Å². The monoisotopic (exact) mass is 439 g/mol. The molecule has 1 N–H and O–H groups in total. The number of amides is 1. The Balaban J connectivity index is 2.02. The summed E-state index contributed by atoms with van der Waals surface area (Å²) < 4.78 is 25.7. The molecule has 3 atom stereocenters. The first-order chi connectivity index (χ1) is 14.0. The van der Waals surface area contributed by atoms with E-state index in [-0.39, 0.29) is 23.3 Å². The van der Waals surface area contributed by atoms with Gasteiger partial charge in [-0.2, -0.15) is 0 Å². The summed E-state index contributed by atoms with van der Waals surface area (Å²) >= 11 is 1.35. The van der Waals surface area contributed by atoms with Crippen molar-refractivity contribution in [3.05, 3.63) is 39.7 Å². The number of aliphatic imine (C=N–C) groups is 1. The second-order valence-electron chi connectivity index (χ2n) is 8.53. The van der Waals surface area contributed by atoms with E-state index >= 15 is 0 Å². The van der Waals surface area contributed by atoms with Gasteiger partial charge in [-0.1, -0.05) is 11.8 Å². The molecule has 1 fully saturated rings. The summed E-state index contributed by atoms with van der Waals surface area (Å²) in [6.07, 6.45) is 1.10. The molecule has 1 heterocycles. The predicted molar refractivity (Wildman–Crippen MR) is 112 cm³/mol. The van der Waals surface area contributed by atoms with Crippen LogP contribution in [0.1, 0.15) is 45.6 Å². The topological polar surface area (TPSA) is 103 Å². The Kier molecular flexibility index (Phi) is 6.37. The van der Waals surface area contributed by atoms with Crippen LogP contribution in [0.2, 0.25) is 0 Å². The summed E-state index contributed by atoms with van der Waals surface area (Å²) in [5.41, 5.74) is -1.70. The van der Waals surface area contributed by atoms with E-state index < -0.39 is 28.0 Å². The molecular weight excluding hydrogens is 413 g/mol. The number of amidine groups is 1. The van der Waals surface area contributed by atoms with E-state index in [9.17, 15) is 19.3 Å². The van der Waals surface area contributed by atoms with Crippen LogP contribution < -0.4 is 5.32 Å². The first-order valence-corrected chi connectivity index (χ1v) is 10.7. The molecule has 1 unspecified atom stereocenters. The smallest absolute Gasteiger partial charge is 0.413 e. The second kappa shape index (κ2) is 8.50. The van der Waals surface area contributed by atoms with Crippen LogP contribution in [0.4, 0.5) is 14.9 Å². The van der Waals surface area contributed by atoms with Crippen molar-refractivity contribution in [2.75, 3.05) is 12.9 Å². The molecule has 164 valence electrons. The molecule has 0 aromatic heterocycles. The van der Waals surface area contributed by atoms with Gasteiger partial charge in [0.2, 0.25) is 0 Å². The fraction of sp³-hybridized carbons (Fsp3) is 0.600. The van der Waals surface area contributed by atoms with Gasteiger partial charge in [0.05, 0.1) is 16.6 Å². The number of thioether (sulfide) groups is 1. The number of nitro benzene ring substituents is 1. The Morgan fingerprint density at radius 2 is 2.17 bits per heavy atom. The van der Waals surface area contributed by atoms with Crippen LogP contribution >= 0.6 is 11.8 Å². The highest BCUT2D eigenvalue weighted by atomic mass is 32.2. The number of halogens is 1. The number of nitro groups is 1. The summed E-state index contributed by atoms with van der Waals surface area (Å²) in [4.78, 5) is 27.7. The van der Waals surface area contributed by atoms with E-state index in [0.29, 0.717) is 30.2 Å². The minimum Gasteiger partial charge on any atom is -0.444 e. The van der Waals surface area contributed by atoms with E-state index in [0.717, 1.165) is 12.1 Å². The maximum atomic E-state index is 14.9. The molecule has 1 aliphatic heterocycles. The number of non-ortho nitro benzene ring substituents is 1. The number of hydrogen-bond acceptors (Lipinski definition) is 7. The summed E-state index contributed by atoms with van der Waals surface area (Å²) in [7, 11) is 1.64. The van der Waals surface area contributed by atoms with Crippen LogP contribution in [0.25, 0.3) is 0 Å². The van der Waals surface area contributed by atoms with E-state index in [1.807, 2.05) is 0 Å². The number of methoxy groups -OCH3 is 1. The molecule has 0 saturated heterocycles. The first kappa shape index (κ1) is 22.5. The van der Waals surface area contributed by atoms with Gasteiger partial charge < -0.3 is 9.47 Å². The van der Waals surface area contributed by atoms with Crippen LogP contribution in [0.5, 0.6) is 0 Å². The molecule has 2 aliphatic rings. The second-order valence-corrected chi connectivity index (χ2v) is 9.54. The van der Waals surface area contributed by atoms with Crippen LogP contribution in [0, 0.1) is 21.8 Å². The Hall–Kier alpha value is -2.20. The van der Waals surface area contributed by atoms with Gasteiger partial charge in [0.25, 0.3) is 5.69 Å². The quantitative estimate of drug-likeness (QED) is 0.554. The average Bonchev–Trinajstić information content (AvgIpc) is 2.66. The maximum Gasteiger partial charge on any atom is 0.413 e. The summed E-state index contributed by atoms with van der Waals surface area (Å²) in [6.45, 7) is 5.26. The van der Waals surface area contributed by atoms with Gasteiger partial charge in [0.1, 0.15) is 11.4 Å². The van der Waals surface area contributed by atoms with Crippen molar-refractivity contribution < 1.29 is 23.6 Å². The Morgan fingerprint density at radius 1 is 1.43 bits per heavy atom. The number of rotatable bonds is 3. The van der Waals surface area contributed by atoms with E-state index in [1.54, 1.807) is 27.9 Å². The number of alkyl carbamates (subject to hydrolysis) is 1. The lowest BCUT2D eigenvalue weighted by atomic mass is 9.68. The molecule has 1 aliphatic carbocycles. The number of carbonyl (C=O) groups excluding carboxylic acids is 1. The Morgan fingerprint density at radius 3 is 2.80 bits per heavy atom. The third-order valence-corrected chi connectivity index (χ3v) is 6.40. The van der Waals surface area contributed by atoms with Gasteiger partial charge in [-0.05, 0) is 46.1 Å². The Labute approximate surface area is 178 Å². The number of ether oxygens (including phenoxy) is 2. The number of carbonyl (C=O) groups is 1. The molecule has 30 heavy (non-hydrogen) atoms. The molecule has 1 amide bonds. The highest BCUT2D eigenvalue weighted by Gasteiger charge is 2.49. The molecule has 1 saturated carbocycles. The van der Waals surface area contributed by atoms with Crippen LogP contribution in [0.15, 0.2) is 23.2 Å². The van der Waals surface area contributed by atoms with Gasteiger partial charge >= 0.3 is 6.09 Å². The van der Waals surface area contributed by atoms with E-state index in [1.165, 1.54) is 17.8 Å². The zero-order valence-corrected chi connectivity index (χ0v) is 18.3. The highest BCUT2D eigenvalue weighted by molar-refractivity contribution is 8.13. The van der Waals surface area contributed by atoms with E-state index in [2.05, 4.69) is 5.32 Å². The highest BCUT2D eigenvalue weighted by Crippen LogP contribution is 2.50. The van der Waals surface area contributed by atoms with Gasteiger partial charge in [0, 0.05) is 36.5 Å². The predicted octanol–water partition coefficient (Wildman–Crippen LogP) is 4.37.